The Balaban J connectivity index is 2.27. The van der Waals surface area contributed by atoms with Gasteiger partial charge in [-0.3, -0.25) is 4.79 Å². The summed E-state index contributed by atoms with van der Waals surface area (Å²) in [5.74, 6) is 0.980. The Bertz CT molecular complexity index is 173. The molecule has 1 atom stereocenters. The fourth-order valence-corrected chi connectivity index (χ4v) is 2.44. The van der Waals surface area contributed by atoms with Crippen LogP contribution in [-0.4, -0.2) is 11.9 Å². The summed E-state index contributed by atoms with van der Waals surface area (Å²) in [4.78, 5) is 10.9. The van der Waals surface area contributed by atoms with Gasteiger partial charge in [-0.05, 0) is 18.8 Å². The van der Waals surface area contributed by atoms with E-state index in [4.69, 9.17) is 0 Å². The third-order valence-electron chi connectivity index (χ3n) is 3.24. The van der Waals surface area contributed by atoms with Crippen LogP contribution in [0.4, 0.5) is 0 Å². The minimum absolute atomic E-state index is 0.118. The maximum atomic E-state index is 10.9. The fourth-order valence-electron chi connectivity index (χ4n) is 2.44. The van der Waals surface area contributed by atoms with Gasteiger partial charge in [-0.1, -0.05) is 39.0 Å². The number of amides is 1. The van der Waals surface area contributed by atoms with E-state index in [0.29, 0.717) is 6.04 Å². The lowest BCUT2D eigenvalue weighted by Crippen LogP contribution is -2.34. The molecule has 0 heterocycles. The quantitative estimate of drug-likeness (QED) is 0.737. The monoisotopic (exact) mass is 197 g/mol. The van der Waals surface area contributed by atoms with Gasteiger partial charge in [0.05, 0.1) is 0 Å². The van der Waals surface area contributed by atoms with Gasteiger partial charge >= 0.3 is 0 Å². The molecule has 2 nitrogen and oxygen atoms in total. The van der Waals surface area contributed by atoms with Crippen LogP contribution in [-0.2, 0) is 4.79 Å². The van der Waals surface area contributed by atoms with Crippen LogP contribution < -0.4 is 5.32 Å². The Kier molecular flexibility index (Phi) is 4.99. The molecule has 1 amide bonds. The lowest BCUT2D eigenvalue weighted by Gasteiger charge is -2.26. The van der Waals surface area contributed by atoms with E-state index in [1.807, 2.05) is 0 Å². The first-order chi connectivity index (χ1) is 6.72. The number of carbonyl (C=O) groups is 1. The van der Waals surface area contributed by atoms with Gasteiger partial charge in [-0.15, -0.1) is 0 Å². The molecule has 0 aromatic heterocycles. The summed E-state index contributed by atoms with van der Waals surface area (Å²) in [6.07, 6.45) is 9.19. The van der Waals surface area contributed by atoms with Crippen molar-refractivity contribution in [2.45, 2.75) is 64.8 Å². The van der Waals surface area contributed by atoms with Crippen LogP contribution in [0.25, 0.3) is 0 Å². The zero-order chi connectivity index (χ0) is 10.4. The number of carbonyl (C=O) groups excluding carboxylic acids is 1. The zero-order valence-corrected chi connectivity index (χ0v) is 9.51. The Morgan fingerprint density at radius 1 is 1.36 bits per heavy atom. The van der Waals surface area contributed by atoms with Gasteiger partial charge in [-0.25, -0.2) is 0 Å². The van der Waals surface area contributed by atoms with Crippen LogP contribution >= 0.6 is 0 Å². The molecule has 0 aliphatic heterocycles. The minimum atomic E-state index is 0.118. The summed E-state index contributed by atoms with van der Waals surface area (Å²) in [6.45, 7) is 3.77. The first-order valence-corrected chi connectivity index (χ1v) is 5.99. The summed E-state index contributed by atoms with van der Waals surface area (Å²) in [6, 6.07) is 0.413. The van der Waals surface area contributed by atoms with Crippen molar-refractivity contribution in [2.24, 2.45) is 5.92 Å². The molecule has 2 heteroatoms. The van der Waals surface area contributed by atoms with Crippen molar-refractivity contribution in [1.29, 1.82) is 0 Å². The van der Waals surface area contributed by atoms with E-state index in [-0.39, 0.29) is 5.91 Å². The second-order valence-corrected chi connectivity index (χ2v) is 4.55. The summed E-state index contributed by atoms with van der Waals surface area (Å²) >= 11 is 0. The highest BCUT2D eigenvalue weighted by atomic mass is 16.1. The topological polar surface area (TPSA) is 29.1 Å². The molecule has 1 rings (SSSR count). The van der Waals surface area contributed by atoms with E-state index in [1.54, 1.807) is 6.92 Å². The van der Waals surface area contributed by atoms with E-state index in [2.05, 4.69) is 12.2 Å². The van der Waals surface area contributed by atoms with Crippen molar-refractivity contribution in [1.82, 2.24) is 5.32 Å². The van der Waals surface area contributed by atoms with E-state index >= 15 is 0 Å². The fraction of sp³-hybridized carbons (Fsp3) is 0.917. The Labute approximate surface area is 87.5 Å². The molecule has 1 aliphatic carbocycles. The number of hydrogen-bond acceptors (Lipinski definition) is 1. The summed E-state index contributed by atoms with van der Waals surface area (Å²) in [5.41, 5.74) is 0. The molecule has 0 bridgehead atoms. The average Bonchev–Trinajstić information content (AvgIpc) is 2.17. The molecule has 0 aromatic rings. The number of rotatable bonds is 4. The maximum absolute atomic E-state index is 10.9. The first kappa shape index (κ1) is 11.5. The van der Waals surface area contributed by atoms with Gasteiger partial charge in [0.25, 0.3) is 0 Å². The van der Waals surface area contributed by atoms with E-state index in [0.717, 1.165) is 12.3 Å². The highest BCUT2D eigenvalue weighted by molar-refractivity contribution is 5.73. The highest BCUT2D eigenvalue weighted by Crippen LogP contribution is 2.27. The van der Waals surface area contributed by atoms with Crippen LogP contribution in [0.2, 0.25) is 0 Å². The second kappa shape index (κ2) is 6.05. The van der Waals surface area contributed by atoms with Crippen molar-refractivity contribution in [3.05, 3.63) is 0 Å². The van der Waals surface area contributed by atoms with Crippen molar-refractivity contribution >= 4 is 5.91 Å². The summed E-state index contributed by atoms with van der Waals surface area (Å²) < 4.78 is 0. The van der Waals surface area contributed by atoms with Gasteiger partial charge in [0, 0.05) is 13.0 Å². The molecule has 1 aliphatic rings. The smallest absolute Gasteiger partial charge is 0.217 e. The molecular formula is C12H23NO. The van der Waals surface area contributed by atoms with Crippen molar-refractivity contribution in [3.63, 3.8) is 0 Å². The van der Waals surface area contributed by atoms with Crippen LogP contribution in [0.3, 0.4) is 0 Å². The molecule has 1 fully saturated rings. The molecule has 0 spiro atoms. The van der Waals surface area contributed by atoms with Crippen molar-refractivity contribution in [2.75, 3.05) is 0 Å². The van der Waals surface area contributed by atoms with Gasteiger partial charge < -0.3 is 5.32 Å². The predicted octanol–water partition coefficient (Wildman–Crippen LogP) is 2.87. The van der Waals surface area contributed by atoms with Gasteiger partial charge in [0.15, 0.2) is 0 Å². The standard InChI is InChI=1S/C12H23NO/c1-3-12(13-10(2)14)9-11-7-5-4-6-8-11/h11-12H,3-9H2,1-2H3,(H,13,14)/t12-/m1/s1. The summed E-state index contributed by atoms with van der Waals surface area (Å²) in [5, 5.41) is 3.04. The third kappa shape index (κ3) is 4.12. The largest absolute Gasteiger partial charge is 0.354 e. The van der Waals surface area contributed by atoms with E-state index in [1.165, 1.54) is 38.5 Å². The zero-order valence-electron chi connectivity index (χ0n) is 9.51. The molecule has 0 radical (unpaired) electrons. The molecule has 1 N–H and O–H groups in total. The summed E-state index contributed by atoms with van der Waals surface area (Å²) in [7, 11) is 0. The van der Waals surface area contributed by atoms with E-state index in [9.17, 15) is 4.79 Å². The Morgan fingerprint density at radius 3 is 2.50 bits per heavy atom. The molecule has 0 aromatic carbocycles. The van der Waals surface area contributed by atoms with Gasteiger partial charge in [0.2, 0.25) is 5.91 Å². The number of nitrogens with one attached hydrogen (secondary N) is 1. The highest BCUT2D eigenvalue weighted by Gasteiger charge is 2.18. The van der Waals surface area contributed by atoms with Crippen LogP contribution in [0, 0.1) is 5.92 Å². The molecule has 14 heavy (non-hydrogen) atoms. The third-order valence-corrected chi connectivity index (χ3v) is 3.24. The lowest BCUT2D eigenvalue weighted by molar-refractivity contribution is -0.119. The predicted molar refractivity (Wildman–Crippen MR) is 59.1 cm³/mol. The average molecular weight is 197 g/mol. The van der Waals surface area contributed by atoms with E-state index < -0.39 is 0 Å². The Morgan fingerprint density at radius 2 is 2.00 bits per heavy atom. The first-order valence-electron chi connectivity index (χ1n) is 5.99. The molecule has 0 unspecified atom stereocenters. The molecule has 1 saturated carbocycles. The lowest BCUT2D eigenvalue weighted by atomic mass is 9.84. The van der Waals surface area contributed by atoms with Gasteiger partial charge in [0.1, 0.15) is 0 Å². The van der Waals surface area contributed by atoms with Crippen molar-refractivity contribution in [3.8, 4) is 0 Å². The molecule has 82 valence electrons. The maximum Gasteiger partial charge on any atom is 0.217 e. The minimum Gasteiger partial charge on any atom is -0.354 e. The molecule has 0 saturated heterocycles. The second-order valence-electron chi connectivity index (χ2n) is 4.55. The molecular weight excluding hydrogens is 174 g/mol. The normalized spacial score (nSPS) is 20.4. The van der Waals surface area contributed by atoms with Gasteiger partial charge in [-0.2, -0.15) is 0 Å². The number of hydrogen-bond donors (Lipinski definition) is 1. The SMILES string of the molecule is CC[C@H](CC1CCCCC1)NC(C)=O. The van der Waals surface area contributed by atoms with Crippen LogP contribution in [0.15, 0.2) is 0 Å². The van der Waals surface area contributed by atoms with Crippen LogP contribution in [0.1, 0.15) is 58.8 Å². The Hall–Kier alpha value is -0.530. The van der Waals surface area contributed by atoms with Crippen molar-refractivity contribution < 1.29 is 4.79 Å². The van der Waals surface area contributed by atoms with Crippen LogP contribution in [0.5, 0.6) is 0 Å².